The number of carboxylic acids is 1. The molecule has 0 aromatic carbocycles. The second-order valence-electron chi connectivity index (χ2n) is 7.45. The van der Waals surface area contributed by atoms with Crippen molar-refractivity contribution in [1.29, 1.82) is 0 Å². The number of hydrogen-bond acceptors (Lipinski definition) is 3. The molecule has 0 spiro atoms. The second-order valence-corrected chi connectivity index (χ2v) is 7.45. The lowest BCUT2D eigenvalue weighted by Crippen LogP contribution is -2.44. The Hall–Kier alpha value is -1.36. The van der Waals surface area contributed by atoms with E-state index in [0.717, 1.165) is 0 Å². The molecule has 1 aliphatic carbocycles. The van der Waals surface area contributed by atoms with E-state index in [0.29, 0.717) is 17.3 Å². The molecule has 1 saturated carbocycles. The molecular weight excluding hydrogens is 280 g/mol. The minimum Gasteiger partial charge on any atom is -0.481 e. The molecule has 0 heterocycles. The first-order valence-corrected chi connectivity index (χ1v) is 8.07. The molecule has 1 amide bonds. The van der Waals surface area contributed by atoms with E-state index in [1.165, 1.54) is 19.3 Å². The van der Waals surface area contributed by atoms with E-state index in [1.54, 1.807) is 0 Å². The van der Waals surface area contributed by atoms with E-state index in [4.69, 9.17) is 10.8 Å². The second kappa shape index (κ2) is 7.77. The Kier molecular flexibility index (Phi) is 6.60. The quantitative estimate of drug-likeness (QED) is 0.656. The third kappa shape index (κ3) is 5.79. The van der Waals surface area contributed by atoms with Gasteiger partial charge in [-0.05, 0) is 37.0 Å². The fourth-order valence-corrected chi connectivity index (χ4v) is 3.26. The molecular formula is C17H30N2O3. The maximum absolute atomic E-state index is 11.8. The highest BCUT2D eigenvalue weighted by Crippen LogP contribution is 2.43. The van der Waals surface area contributed by atoms with Gasteiger partial charge >= 0.3 is 5.97 Å². The van der Waals surface area contributed by atoms with Gasteiger partial charge in [0.2, 0.25) is 5.91 Å². The number of hydrogen-bond donors (Lipinski definition) is 3. The van der Waals surface area contributed by atoms with Crippen molar-refractivity contribution in [2.24, 2.45) is 23.0 Å². The van der Waals surface area contributed by atoms with Gasteiger partial charge in [-0.25, -0.2) is 0 Å². The maximum Gasteiger partial charge on any atom is 0.305 e. The number of allylic oxidation sites excluding steroid dienone is 1. The zero-order valence-corrected chi connectivity index (χ0v) is 14.1. The van der Waals surface area contributed by atoms with Gasteiger partial charge in [0.25, 0.3) is 0 Å². The molecule has 0 radical (unpaired) electrons. The lowest BCUT2D eigenvalue weighted by Gasteiger charge is -2.31. The van der Waals surface area contributed by atoms with Crippen LogP contribution in [0.4, 0.5) is 0 Å². The first kappa shape index (κ1) is 18.7. The van der Waals surface area contributed by atoms with Crippen molar-refractivity contribution in [1.82, 2.24) is 5.32 Å². The number of carbonyl (C=O) groups is 2. The number of carboxylic acid groups (broad SMARTS) is 1. The molecule has 0 saturated heterocycles. The Balaban J connectivity index is 2.52. The van der Waals surface area contributed by atoms with Crippen LogP contribution in [0.1, 0.15) is 53.4 Å². The summed E-state index contributed by atoms with van der Waals surface area (Å²) in [7, 11) is 0. The molecule has 3 unspecified atom stereocenters. The van der Waals surface area contributed by atoms with Gasteiger partial charge < -0.3 is 16.2 Å². The lowest BCUT2D eigenvalue weighted by atomic mass is 9.74. The van der Waals surface area contributed by atoms with E-state index in [9.17, 15) is 9.59 Å². The smallest absolute Gasteiger partial charge is 0.305 e. The molecule has 126 valence electrons. The fourth-order valence-electron chi connectivity index (χ4n) is 3.26. The summed E-state index contributed by atoms with van der Waals surface area (Å²) in [6.07, 6.45) is 7.55. The van der Waals surface area contributed by atoms with Gasteiger partial charge in [0.15, 0.2) is 0 Å². The summed E-state index contributed by atoms with van der Waals surface area (Å²) < 4.78 is 0. The van der Waals surface area contributed by atoms with Crippen molar-refractivity contribution in [3.05, 3.63) is 12.2 Å². The number of aliphatic carboxylic acids is 1. The van der Waals surface area contributed by atoms with Crippen LogP contribution >= 0.6 is 0 Å². The van der Waals surface area contributed by atoms with Crippen LogP contribution < -0.4 is 11.1 Å². The molecule has 1 fully saturated rings. The van der Waals surface area contributed by atoms with Crippen LogP contribution in [-0.4, -0.2) is 29.1 Å². The highest BCUT2D eigenvalue weighted by Gasteiger charge is 2.34. The largest absolute Gasteiger partial charge is 0.481 e. The van der Waals surface area contributed by atoms with E-state index < -0.39 is 17.9 Å². The number of nitrogens with one attached hydrogen (secondary N) is 1. The fraction of sp³-hybridized carbons (Fsp3) is 0.765. The molecule has 0 aliphatic heterocycles. The van der Waals surface area contributed by atoms with Crippen LogP contribution in [0.2, 0.25) is 0 Å². The molecule has 5 heteroatoms. The van der Waals surface area contributed by atoms with Crippen LogP contribution in [0.15, 0.2) is 12.2 Å². The summed E-state index contributed by atoms with van der Waals surface area (Å²) in [5.41, 5.74) is 5.84. The van der Waals surface area contributed by atoms with Gasteiger partial charge in [-0.1, -0.05) is 39.3 Å². The molecule has 4 N–H and O–H groups in total. The van der Waals surface area contributed by atoms with Crippen molar-refractivity contribution in [2.75, 3.05) is 0 Å². The Morgan fingerprint density at radius 1 is 1.36 bits per heavy atom. The van der Waals surface area contributed by atoms with Crippen molar-refractivity contribution in [2.45, 2.75) is 65.5 Å². The first-order valence-electron chi connectivity index (χ1n) is 8.07. The summed E-state index contributed by atoms with van der Waals surface area (Å²) in [5.74, 6) is -0.267. The molecule has 5 nitrogen and oxygen atoms in total. The summed E-state index contributed by atoms with van der Waals surface area (Å²) in [6.45, 7) is 8.71. The first-order chi connectivity index (χ1) is 10.1. The predicted molar refractivity (Wildman–Crippen MR) is 87.3 cm³/mol. The molecule has 0 aromatic heterocycles. The topological polar surface area (TPSA) is 92.4 Å². The van der Waals surface area contributed by atoms with Crippen LogP contribution in [0.5, 0.6) is 0 Å². The highest BCUT2D eigenvalue weighted by molar-refractivity contribution is 5.86. The number of carbonyl (C=O) groups excluding carboxylic acids is 1. The van der Waals surface area contributed by atoms with Crippen molar-refractivity contribution in [3.8, 4) is 0 Å². The predicted octanol–water partition coefficient (Wildman–Crippen LogP) is 2.31. The van der Waals surface area contributed by atoms with Crippen LogP contribution in [0, 0.1) is 17.3 Å². The molecule has 4 atom stereocenters. The average Bonchev–Trinajstić information content (AvgIpc) is 2.83. The lowest BCUT2D eigenvalue weighted by molar-refractivity contribution is -0.139. The van der Waals surface area contributed by atoms with E-state index in [2.05, 4.69) is 32.2 Å². The van der Waals surface area contributed by atoms with Crippen LogP contribution in [0.25, 0.3) is 0 Å². The number of amides is 1. The van der Waals surface area contributed by atoms with Crippen molar-refractivity contribution >= 4 is 11.9 Å². The van der Waals surface area contributed by atoms with Crippen molar-refractivity contribution in [3.63, 3.8) is 0 Å². The summed E-state index contributed by atoms with van der Waals surface area (Å²) in [5, 5.41) is 11.4. The average molecular weight is 310 g/mol. The van der Waals surface area contributed by atoms with E-state index in [-0.39, 0.29) is 12.5 Å². The maximum atomic E-state index is 11.8. The minimum atomic E-state index is -1.06. The third-order valence-electron chi connectivity index (χ3n) is 4.43. The number of nitrogens with two attached hydrogens (primary N) is 1. The SMILES string of the molecule is CC(C=CC1CCCC1C(C)(C)C)NC(=O)[C@@H](N)CC(=O)O. The van der Waals surface area contributed by atoms with Gasteiger partial charge in [-0.3, -0.25) is 9.59 Å². The zero-order chi connectivity index (χ0) is 16.9. The highest BCUT2D eigenvalue weighted by atomic mass is 16.4. The normalized spacial score (nSPS) is 25.1. The summed E-state index contributed by atoms with van der Waals surface area (Å²) in [6, 6.07) is -1.14. The molecule has 22 heavy (non-hydrogen) atoms. The van der Waals surface area contributed by atoms with Crippen LogP contribution in [-0.2, 0) is 9.59 Å². The summed E-state index contributed by atoms with van der Waals surface area (Å²) >= 11 is 0. The Labute approximate surface area is 133 Å². The molecule has 0 aromatic rings. The van der Waals surface area contributed by atoms with Gasteiger partial charge in [-0.15, -0.1) is 0 Å². The van der Waals surface area contributed by atoms with Crippen LogP contribution in [0.3, 0.4) is 0 Å². The number of rotatable bonds is 6. The van der Waals surface area contributed by atoms with E-state index >= 15 is 0 Å². The molecule has 0 bridgehead atoms. The van der Waals surface area contributed by atoms with Gasteiger partial charge in [0.05, 0.1) is 12.5 Å². The van der Waals surface area contributed by atoms with E-state index in [1.807, 2.05) is 13.0 Å². The Morgan fingerprint density at radius 2 is 2.00 bits per heavy atom. The minimum absolute atomic E-state index is 0.145. The van der Waals surface area contributed by atoms with Gasteiger partial charge in [0.1, 0.15) is 0 Å². The Morgan fingerprint density at radius 3 is 2.55 bits per heavy atom. The summed E-state index contributed by atoms with van der Waals surface area (Å²) in [4.78, 5) is 22.3. The molecule has 1 rings (SSSR count). The van der Waals surface area contributed by atoms with Gasteiger partial charge in [-0.2, -0.15) is 0 Å². The third-order valence-corrected chi connectivity index (χ3v) is 4.43. The monoisotopic (exact) mass is 310 g/mol. The standard InChI is InChI=1S/C17H30N2O3/c1-11(19-16(22)14(18)10-15(20)21)8-9-12-6-5-7-13(12)17(2,3)4/h8-9,11-14H,5-7,10,18H2,1-4H3,(H,19,22)(H,20,21)/t11?,12?,13?,14-/m0/s1. The van der Waals surface area contributed by atoms with Crippen molar-refractivity contribution < 1.29 is 14.7 Å². The molecule has 1 aliphatic rings. The Bertz CT molecular complexity index is 426. The zero-order valence-electron chi connectivity index (χ0n) is 14.1. The van der Waals surface area contributed by atoms with Gasteiger partial charge in [0, 0.05) is 6.04 Å².